The van der Waals surface area contributed by atoms with Gasteiger partial charge in [-0.25, -0.2) is 0 Å². The van der Waals surface area contributed by atoms with Crippen molar-refractivity contribution in [3.8, 4) is 0 Å². The van der Waals surface area contributed by atoms with Crippen LogP contribution in [0.3, 0.4) is 0 Å². The highest BCUT2D eigenvalue weighted by molar-refractivity contribution is 5.85. The van der Waals surface area contributed by atoms with E-state index >= 15 is 0 Å². The molecule has 1 heterocycles. The molecule has 0 amide bonds. The fourth-order valence-corrected chi connectivity index (χ4v) is 0.754. The molecule has 0 aliphatic carbocycles. The van der Waals surface area contributed by atoms with E-state index in [9.17, 15) is 4.79 Å². The Morgan fingerprint density at radius 2 is 2.44 bits per heavy atom. The molecular formula is C6H10ClNO. The third-order valence-electron chi connectivity index (χ3n) is 1.21. The minimum atomic E-state index is 0. The molecule has 1 N–H and O–H groups in total. The van der Waals surface area contributed by atoms with Crippen molar-refractivity contribution in [3.05, 3.63) is 11.6 Å². The van der Waals surface area contributed by atoms with Crippen LogP contribution in [0.4, 0.5) is 0 Å². The molecule has 2 nitrogen and oxygen atoms in total. The van der Waals surface area contributed by atoms with Gasteiger partial charge >= 0.3 is 0 Å². The topological polar surface area (TPSA) is 29.1 Å². The molecule has 1 aliphatic heterocycles. The summed E-state index contributed by atoms with van der Waals surface area (Å²) in [5.74, 6) is 0. The van der Waals surface area contributed by atoms with Crippen LogP contribution in [0.2, 0.25) is 0 Å². The molecule has 0 bridgehead atoms. The van der Waals surface area contributed by atoms with Gasteiger partial charge in [-0.05, 0) is 13.0 Å². The maximum absolute atomic E-state index is 10.1. The Labute approximate surface area is 60.7 Å². The minimum absolute atomic E-state index is 0. The first-order valence-corrected chi connectivity index (χ1v) is 2.78. The van der Waals surface area contributed by atoms with Crippen LogP contribution in [0, 0.1) is 0 Å². The summed E-state index contributed by atoms with van der Waals surface area (Å²) in [5.41, 5.74) is 0.885. The Hall–Kier alpha value is -0.340. The van der Waals surface area contributed by atoms with E-state index in [0.717, 1.165) is 31.4 Å². The first-order valence-electron chi connectivity index (χ1n) is 2.78. The van der Waals surface area contributed by atoms with Gasteiger partial charge in [0, 0.05) is 12.1 Å². The summed E-state index contributed by atoms with van der Waals surface area (Å²) in [7, 11) is 0. The quantitative estimate of drug-likeness (QED) is 0.549. The van der Waals surface area contributed by atoms with Crippen molar-refractivity contribution in [2.24, 2.45) is 0 Å². The predicted octanol–water partition coefficient (Wildman–Crippen LogP) is 0.527. The monoisotopic (exact) mass is 147 g/mol. The first-order chi connectivity index (χ1) is 3.93. The van der Waals surface area contributed by atoms with E-state index in [1.807, 2.05) is 6.08 Å². The van der Waals surface area contributed by atoms with Crippen LogP contribution in [0.15, 0.2) is 11.6 Å². The van der Waals surface area contributed by atoms with Crippen LogP contribution in [-0.4, -0.2) is 19.4 Å². The third-order valence-corrected chi connectivity index (χ3v) is 1.21. The molecule has 1 rings (SSSR count). The van der Waals surface area contributed by atoms with E-state index in [1.54, 1.807) is 0 Å². The van der Waals surface area contributed by atoms with E-state index in [1.165, 1.54) is 0 Å². The van der Waals surface area contributed by atoms with Crippen LogP contribution in [0.25, 0.3) is 0 Å². The fourth-order valence-electron chi connectivity index (χ4n) is 0.754. The zero-order chi connectivity index (χ0) is 5.82. The van der Waals surface area contributed by atoms with Gasteiger partial charge in [-0.1, -0.05) is 6.08 Å². The third kappa shape index (κ3) is 2.63. The molecule has 0 aromatic heterocycles. The Morgan fingerprint density at radius 3 is 2.78 bits per heavy atom. The summed E-state index contributed by atoms with van der Waals surface area (Å²) in [6.45, 7) is 1.76. The molecule has 52 valence electrons. The van der Waals surface area contributed by atoms with Gasteiger partial charge in [0.25, 0.3) is 0 Å². The van der Waals surface area contributed by atoms with Gasteiger partial charge in [0.1, 0.15) is 6.29 Å². The van der Waals surface area contributed by atoms with Crippen molar-refractivity contribution in [2.75, 3.05) is 13.1 Å². The highest BCUT2D eigenvalue weighted by Gasteiger charge is 1.98. The molecular weight excluding hydrogens is 138 g/mol. The summed E-state index contributed by atoms with van der Waals surface area (Å²) in [6.07, 6.45) is 3.88. The number of nitrogens with one attached hydrogen (secondary N) is 1. The molecule has 9 heavy (non-hydrogen) atoms. The van der Waals surface area contributed by atoms with Crippen molar-refractivity contribution in [3.63, 3.8) is 0 Å². The standard InChI is InChI=1S/C6H9NO.ClH/c8-5-6-2-1-3-7-4-6;/h2,5,7H,1,3-4H2;1H. The lowest BCUT2D eigenvalue weighted by Crippen LogP contribution is -2.22. The highest BCUT2D eigenvalue weighted by Crippen LogP contribution is 1.95. The molecule has 0 aromatic carbocycles. The molecule has 0 unspecified atom stereocenters. The normalized spacial score (nSPS) is 17.6. The molecule has 0 atom stereocenters. The van der Waals surface area contributed by atoms with Gasteiger partial charge < -0.3 is 5.32 Å². The maximum atomic E-state index is 10.1. The molecule has 0 saturated heterocycles. The molecule has 3 heteroatoms. The average Bonchev–Trinajstić information content (AvgIpc) is 1.90. The van der Waals surface area contributed by atoms with Gasteiger partial charge in [-0.15, -0.1) is 12.4 Å². The van der Waals surface area contributed by atoms with E-state index in [-0.39, 0.29) is 12.4 Å². The number of rotatable bonds is 1. The number of carbonyl (C=O) groups excluding carboxylic acids is 1. The van der Waals surface area contributed by atoms with Gasteiger partial charge in [0.2, 0.25) is 0 Å². The summed E-state index contributed by atoms with van der Waals surface area (Å²) in [4.78, 5) is 10.1. The van der Waals surface area contributed by atoms with Crippen LogP contribution in [0.1, 0.15) is 6.42 Å². The van der Waals surface area contributed by atoms with Gasteiger partial charge in [-0.2, -0.15) is 0 Å². The van der Waals surface area contributed by atoms with Gasteiger partial charge in [-0.3, -0.25) is 4.79 Å². The minimum Gasteiger partial charge on any atom is -0.312 e. The second kappa shape index (κ2) is 4.53. The van der Waals surface area contributed by atoms with Crippen LogP contribution in [0.5, 0.6) is 0 Å². The zero-order valence-corrected chi connectivity index (χ0v) is 5.91. The van der Waals surface area contributed by atoms with Gasteiger partial charge in [0.05, 0.1) is 0 Å². The van der Waals surface area contributed by atoms with Crippen LogP contribution >= 0.6 is 12.4 Å². The van der Waals surface area contributed by atoms with Crippen molar-refractivity contribution < 1.29 is 4.79 Å². The molecule has 0 radical (unpaired) electrons. The van der Waals surface area contributed by atoms with E-state index in [2.05, 4.69) is 5.32 Å². The smallest absolute Gasteiger partial charge is 0.147 e. The van der Waals surface area contributed by atoms with Gasteiger partial charge in [0.15, 0.2) is 0 Å². The fraction of sp³-hybridized carbons (Fsp3) is 0.500. The van der Waals surface area contributed by atoms with Crippen LogP contribution in [-0.2, 0) is 4.79 Å². The molecule has 0 saturated carbocycles. The second-order valence-electron chi connectivity index (χ2n) is 1.86. The van der Waals surface area contributed by atoms with E-state index in [0.29, 0.717) is 0 Å². The lowest BCUT2D eigenvalue weighted by atomic mass is 10.2. The van der Waals surface area contributed by atoms with E-state index in [4.69, 9.17) is 0 Å². The molecule has 0 aromatic rings. The van der Waals surface area contributed by atoms with Crippen molar-refractivity contribution >= 4 is 18.7 Å². The number of aldehydes is 1. The number of hydrogen-bond acceptors (Lipinski definition) is 2. The molecule has 1 aliphatic rings. The average molecular weight is 148 g/mol. The number of hydrogen-bond donors (Lipinski definition) is 1. The Morgan fingerprint density at radius 1 is 1.67 bits per heavy atom. The number of carbonyl (C=O) groups is 1. The largest absolute Gasteiger partial charge is 0.312 e. The lowest BCUT2D eigenvalue weighted by Gasteiger charge is -2.07. The number of halogens is 1. The summed E-state index contributed by atoms with van der Waals surface area (Å²) < 4.78 is 0. The first kappa shape index (κ1) is 8.66. The van der Waals surface area contributed by atoms with Crippen molar-refractivity contribution in [1.29, 1.82) is 0 Å². The van der Waals surface area contributed by atoms with Crippen molar-refractivity contribution in [2.45, 2.75) is 6.42 Å². The summed E-state index contributed by atoms with van der Waals surface area (Å²) in [5, 5.41) is 3.09. The Kier molecular flexibility index (Phi) is 4.36. The second-order valence-corrected chi connectivity index (χ2v) is 1.86. The molecule has 0 spiro atoms. The highest BCUT2D eigenvalue weighted by atomic mass is 35.5. The van der Waals surface area contributed by atoms with E-state index < -0.39 is 0 Å². The Balaban J connectivity index is 0.000000640. The summed E-state index contributed by atoms with van der Waals surface area (Å²) in [6, 6.07) is 0. The predicted molar refractivity (Wildman–Crippen MR) is 38.9 cm³/mol. The van der Waals surface area contributed by atoms with Crippen molar-refractivity contribution in [1.82, 2.24) is 5.32 Å². The lowest BCUT2D eigenvalue weighted by molar-refractivity contribution is -0.105. The SMILES string of the molecule is Cl.O=CC1=CCCNC1. The maximum Gasteiger partial charge on any atom is 0.147 e. The zero-order valence-electron chi connectivity index (χ0n) is 5.09. The molecule has 0 fully saturated rings. The van der Waals surface area contributed by atoms with Crippen LogP contribution < -0.4 is 5.32 Å². The summed E-state index contributed by atoms with van der Waals surface area (Å²) >= 11 is 0. The Bertz CT molecular complexity index is 122.